The van der Waals surface area contributed by atoms with E-state index in [-0.39, 0.29) is 25.1 Å². The maximum absolute atomic E-state index is 11.8. The molecule has 3 heterocycles. The molecular weight excluding hydrogens is 544 g/mol. The number of carbonyl (C=O) groups is 1. The molecule has 1 saturated carbocycles. The van der Waals surface area contributed by atoms with Crippen molar-refractivity contribution in [3.8, 4) is 23.6 Å². The van der Waals surface area contributed by atoms with Crippen molar-refractivity contribution in [3.63, 3.8) is 0 Å². The summed E-state index contributed by atoms with van der Waals surface area (Å²) in [6.45, 7) is 2.52. The van der Waals surface area contributed by atoms with E-state index >= 15 is 0 Å². The van der Waals surface area contributed by atoms with Gasteiger partial charge in [0.2, 0.25) is 0 Å². The van der Waals surface area contributed by atoms with Gasteiger partial charge < -0.3 is 34.0 Å². The lowest BCUT2D eigenvalue weighted by Crippen LogP contribution is -2.55. The molecule has 3 fully saturated rings. The number of piperazine rings is 1. The maximum Gasteiger partial charge on any atom is 0.407 e. The number of likely N-dealkylation sites (tertiary alicyclic amines) is 1. The molecule has 37 heavy (non-hydrogen) atoms. The number of amides is 1. The number of ether oxygens (including phenoxy) is 3. The fourth-order valence-electron chi connectivity index (χ4n) is 5.01. The van der Waals surface area contributed by atoms with Crippen LogP contribution in [-0.2, 0) is 0 Å². The van der Waals surface area contributed by atoms with Crippen LogP contribution in [0, 0.1) is 11.3 Å². The molecule has 1 amide bonds. The fourth-order valence-corrected chi connectivity index (χ4v) is 5.57. The number of benzene rings is 1. The van der Waals surface area contributed by atoms with Gasteiger partial charge in [0.25, 0.3) is 0 Å². The molecular formula is C25H31BrN6O5. The molecule has 2 saturated heterocycles. The largest absolute Gasteiger partial charge is 0.495 e. The number of fused-ring (bicyclic) bond motifs is 1. The number of aromatic nitrogens is 2. The van der Waals surface area contributed by atoms with Crippen molar-refractivity contribution in [3.05, 3.63) is 10.5 Å². The van der Waals surface area contributed by atoms with Crippen LogP contribution in [0.3, 0.4) is 0 Å². The van der Waals surface area contributed by atoms with Gasteiger partial charge in [-0.25, -0.2) is 4.79 Å². The van der Waals surface area contributed by atoms with Crippen LogP contribution < -0.4 is 19.1 Å². The van der Waals surface area contributed by atoms with Gasteiger partial charge in [0.15, 0.2) is 5.75 Å². The molecule has 2 aromatic rings. The van der Waals surface area contributed by atoms with Gasteiger partial charge in [0.05, 0.1) is 37.1 Å². The summed E-state index contributed by atoms with van der Waals surface area (Å²) in [5.41, 5.74) is 0.608. The average molecular weight is 575 g/mol. The summed E-state index contributed by atoms with van der Waals surface area (Å²) < 4.78 is 18.8. The van der Waals surface area contributed by atoms with Crippen LogP contribution in [0.1, 0.15) is 32.1 Å². The highest BCUT2D eigenvalue weighted by molar-refractivity contribution is 9.10. The van der Waals surface area contributed by atoms with Gasteiger partial charge in [-0.3, -0.25) is 0 Å². The standard InChI is InChI=1S/C25H31BrN6O5/c1-30-9-3-4-16(30)14-36-24-28-21-18(12-19(35-2)20(26)22(21)37-17-5-6-17)23(29-24)31-10-11-32(25(33)34)15(13-31)7-8-27/h12,15-17H,3-7,9-11,13-14H2,1-2H3,(H,33,34)/t15-,16-/m0/s1. The molecule has 0 spiro atoms. The zero-order valence-electron chi connectivity index (χ0n) is 21.0. The second kappa shape index (κ2) is 10.8. The van der Waals surface area contributed by atoms with Crippen LogP contribution in [0.25, 0.3) is 10.9 Å². The molecule has 1 aliphatic carbocycles. The number of hydrogen-bond acceptors (Lipinski definition) is 9. The molecule has 2 aliphatic heterocycles. The molecule has 12 heteroatoms. The summed E-state index contributed by atoms with van der Waals surface area (Å²) in [5, 5.41) is 19.7. The van der Waals surface area contributed by atoms with E-state index in [0.29, 0.717) is 53.0 Å². The number of rotatable bonds is 8. The van der Waals surface area contributed by atoms with Crippen LogP contribution in [-0.4, -0.2) is 96.1 Å². The molecule has 0 radical (unpaired) electrons. The second-order valence-corrected chi connectivity index (χ2v) is 10.6. The van der Waals surface area contributed by atoms with E-state index < -0.39 is 12.1 Å². The molecule has 198 valence electrons. The van der Waals surface area contributed by atoms with Crippen LogP contribution in [0.4, 0.5) is 10.6 Å². The second-order valence-electron chi connectivity index (χ2n) is 9.79. The minimum atomic E-state index is -1.03. The summed E-state index contributed by atoms with van der Waals surface area (Å²) in [4.78, 5) is 27.0. The molecule has 1 aromatic carbocycles. The number of nitrogens with zero attached hydrogens (tertiary/aromatic N) is 6. The van der Waals surface area contributed by atoms with Gasteiger partial charge in [0, 0.05) is 25.7 Å². The van der Waals surface area contributed by atoms with E-state index in [9.17, 15) is 15.2 Å². The van der Waals surface area contributed by atoms with E-state index in [0.717, 1.165) is 37.6 Å². The molecule has 11 nitrogen and oxygen atoms in total. The van der Waals surface area contributed by atoms with Crippen LogP contribution in [0.5, 0.6) is 17.5 Å². The van der Waals surface area contributed by atoms with Crippen molar-refractivity contribution in [1.29, 1.82) is 5.26 Å². The molecule has 0 unspecified atom stereocenters. The normalized spacial score (nSPS) is 22.2. The Morgan fingerprint density at radius 3 is 2.70 bits per heavy atom. The molecule has 2 atom stereocenters. The van der Waals surface area contributed by atoms with E-state index in [4.69, 9.17) is 24.2 Å². The third-order valence-electron chi connectivity index (χ3n) is 7.27. The molecule has 5 rings (SSSR count). The number of methoxy groups -OCH3 is 1. The van der Waals surface area contributed by atoms with Crippen LogP contribution >= 0.6 is 15.9 Å². The number of nitriles is 1. The van der Waals surface area contributed by atoms with Crippen molar-refractivity contribution in [2.45, 2.75) is 50.3 Å². The van der Waals surface area contributed by atoms with Gasteiger partial charge in [0.1, 0.15) is 28.2 Å². The maximum atomic E-state index is 11.8. The van der Waals surface area contributed by atoms with Gasteiger partial charge in [-0.05, 0) is 61.3 Å². The Hall–Kier alpha value is -3.04. The minimum Gasteiger partial charge on any atom is -0.495 e. The molecule has 1 aromatic heterocycles. The zero-order chi connectivity index (χ0) is 26.1. The van der Waals surface area contributed by atoms with Gasteiger partial charge >= 0.3 is 12.1 Å². The molecule has 3 aliphatic rings. The first-order valence-electron chi connectivity index (χ1n) is 12.6. The van der Waals surface area contributed by atoms with Gasteiger partial charge in [-0.2, -0.15) is 15.2 Å². The summed E-state index contributed by atoms with van der Waals surface area (Å²) in [6.07, 6.45) is 3.34. The Kier molecular flexibility index (Phi) is 7.44. The first-order chi connectivity index (χ1) is 17.9. The van der Waals surface area contributed by atoms with Crippen molar-refractivity contribution >= 4 is 38.7 Å². The SMILES string of the molecule is COc1cc2c(N3CCN(C(=O)O)[C@@H](CC#N)C3)nc(OC[C@@H]3CCCN3C)nc2c(OC2CC2)c1Br. The quantitative estimate of drug-likeness (QED) is 0.500. The van der Waals surface area contributed by atoms with Crippen LogP contribution in [0.15, 0.2) is 10.5 Å². The smallest absolute Gasteiger partial charge is 0.407 e. The zero-order valence-corrected chi connectivity index (χ0v) is 22.6. The Morgan fingerprint density at radius 2 is 2.05 bits per heavy atom. The minimum absolute atomic E-state index is 0.0914. The highest BCUT2D eigenvalue weighted by Crippen LogP contribution is 2.45. The predicted octanol–water partition coefficient (Wildman–Crippen LogP) is 3.50. The number of anilines is 1. The lowest BCUT2D eigenvalue weighted by molar-refractivity contribution is 0.119. The highest BCUT2D eigenvalue weighted by atomic mass is 79.9. The third kappa shape index (κ3) is 5.33. The highest BCUT2D eigenvalue weighted by Gasteiger charge is 2.34. The van der Waals surface area contributed by atoms with Gasteiger partial charge in [-0.15, -0.1) is 0 Å². The topological polar surface area (TPSA) is 124 Å². The van der Waals surface area contributed by atoms with Crippen LogP contribution in [0.2, 0.25) is 0 Å². The number of carboxylic acid groups (broad SMARTS) is 1. The Labute approximate surface area is 224 Å². The van der Waals surface area contributed by atoms with Crippen molar-refractivity contribution < 1.29 is 24.1 Å². The average Bonchev–Trinajstić information content (AvgIpc) is 3.62. The Morgan fingerprint density at radius 1 is 1.24 bits per heavy atom. The Bertz CT molecular complexity index is 1220. The van der Waals surface area contributed by atoms with E-state index in [1.807, 2.05) is 11.0 Å². The summed E-state index contributed by atoms with van der Waals surface area (Å²) in [7, 11) is 3.69. The summed E-state index contributed by atoms with van der Waals surface area (Å²) in [6, 6.07) is 4.06. The number of likely N-dealkylation sites (N-methyl/N-ethyl adjacent to an activating group) is 1. The third-order valence-corrected chi connectivity index (χ3v) is 8.02. The molecule has 0 bridgehead atoms. The van der Waals surface area contributed by atoms with Crippen molar-refractivity contribution in [2.75, 3.05) is 51.8 Å². The number of hydrogen-bond donors (Lipinski definition) is 1. The summed E-state index contributed by atoms with van der Waals surface area (Å²) in [5.74, 6) is 1.78. The monoisotopic (exact) mass is 574 g/mol. The lowest BCUT2D eigenvalue weighted by Gasteiger charge is -2.40. The summed E-state index contributed by atoms with van der Waals surface area (Å²) >= 11 is 3.64. The van der Waals surface area contributed by atoms with E-state index in [1.54, 1.807) is 7.11 Å². The molecule has 1 N–H and O–H groups in total. The Balaban J connectivity index is 1.57. The predicted molar refractivity (Wildman–Crippen MR) is 140 cm³/mol. The fraction of sp³-hybridized carbons (Fsp3) is 0.600. The number of halogens is 1. The van der Waals surface area contributed by atoms with Gasteiger partial charge in [-0.1, -0.05) is 0 Å². The van der Waals surface area contributed by atoms with E-state index in [1.165, 1.54) is 4.90 Å². The lowest BCUT2D eigenvalue weighted by atomic mass is 10.1. The van der Waals surface area contributed by atoms with Crippen molar-refractivity contribution in [1.82, 2.24) is 19.8 Å². The van der Waals surface area contributed by atoms with E-state index in [2.05, 4.69) is 33.9 Å². The first kappa shape index (κ1) is 25.6. The first-order valence-corrected chi connectivity index (χ1v) is 13.4. The van der Waals surface area contributed by atoms with Crippen molar-refractivity contribution in [2.24, 2.45) is 0 Å².